The van der Waals surface area contributed by atoms with Crippen LogP contribution in [0.5, 0.6) is 5.75 Å². The third kappa shape index (κ3) is 3.54. The van der Waals surface area contributed by atoms with Gasteiger partial charge in [0.15, 0.2) is 0 Å². The molecule has 10 heteroatoms. The molecule has 2 N–H and O–H groups in total. The topological polar surface area (TPSA) is 56.8 Å². The number of alkyl halides is 3. The fourth-order valence-electron chi connectivity index (χ4n) is 3.58. The van der Waals surface area contributed by atoms with Crippen molar-refractivity contribution in [2.45, 2.75) is 12.6 Å². The largest absolute Gasteiger partial charge is 0.495 e. The van der Waals surface area contributed by atoms with Crippen molar-refractivity contribution in [3.63, 3.8) is 0 Å². The lowest BCUT2D eigenvalue weighted by Crippen LogP contribution is -2.39. The van der Waals surface area contributed by atoms with Gasteiger partial charge in [-0.1, -0.05) is 29.8 Å². The molecule has 1 amide bonds. The summed E-state index contributed by atoms with van der Waals surface area (Å²) in [5.41, 5.74) is 7.39. The Hall–Kier alpha value is -2.91. The molecule has 0 unspecified atom stereocenters. The molecule has 0 fully saturated rings. The van der Waals surface area contributed by atoms with Crippen LogP contribution in [0, 0.1) is 0 Å². The molecule has 0 saturated carbocycles. The summed E-state index contributed by atoms with van der Waals surface area (Å²) in [5, 5.41) is 1.26. The number of halogens is 4. The van der Waals surface area contributed by atoms with Crippen LogP contribution < -0.4 is 20.7 Å². The molecule has 0 radical (unpaired) electrons. The molecule has 0 saturated heterocycles. The molecule has 2 aliphatic rings. The van der Waals surface area contributed by atoms with Gasteiger partial charge in [0.2, 0.25) is 0 Å². The zero-order valence-electron chi connectivity index (χ0n) is 15.9. The zero-order chi connectivity index (χ0) is 21.5. The number of rotatable bonds is 3. The van der Waals surface area contributed by atoms with Gasteiger partial charge in [-0.2, -0.15) is 13.2 Å². The molecule has 158 valence electrons. The number of benzene rings is 2. The van der Waals surface area contributed by atoms with Gasteiger partial charge in [0.1, 0.15) is 11.4 Å². The Labute approximate surface area is 175 Å². The molecule has 4 rings (SSSR count). The van der Waals surface area contributed by atoms with E-state index in [1.54, 1.807) is 7.11 Å². The number of nitrogens with one attached hydrogen (secondary N) is 2. The highest BCUT2D eigenvalue weighted by molar-refractivity contribution is 6.34. The molecule has 2 heterocycles. The number of carbonyl (C=O) groups excluding carboxylic acids is 1. The van der Waals surface area contributed by atoms with Crippen molar-refractivity contribution in [2.24, 2.45) is 0 Å². The zero-order valence-corrected chi connectivity index (χ0v) is 16.6. The number of nitrogens with zero attached hydrogens (tertiary/aromatic N) is 2. The van der Waals surface area contributed by atoms with Gasteiger partial charge in [-0.05, 0) is 24.3 Å². The van der Waals surface area contributed by atoms with Crippen molar-refractivity contribution in [1.82, 2.24) is 15.9 Å². The Morgan fingerprint density at radius 1 is 1.17 bits per heavy atom. The van der Waals surface area contributed by atoms with Crippen LogP contribution in [0.2, 0.25) is 5.02 Å². The first-order valence-electron chi connectivity index (χ1n) is 9.13. The molecule has 0 aliphatic carbocycles. The molecule has 0 bridgehead atoms. The summed E-state index contributed by atoms with van der Waals surface area (Å²) in [7, 11) is 1.58. The lowest BCUT2D eigenvalue weighted by molar-refractivity contribution is -0.137. The average molecular weight is 439 g/mol. The quantitative estimate of drug-likeness (QED) is 0.760. The highest BCUT2D eigenvalue weighted by atomic mass is 35.5. The van der Waals surface area contributed by atoms with Crippen LogP contribution in [-0.4, -0.2) is 31.0 Å². The van der Waals surface area contributed by atoms with E-state index in [-0.39, 0.29) is 12.1 Å². The Morgan fingerprint density at radius 2 is 1.93 bits per heavy atom. The number of amides is 1. The Balaban J connectivity index is 1.58. The van der Waals surface area contributed by atoms with Gasteiger partial charge in [-0.3, -0.25) is 9.80 Å². The van der Waals surface area contributed by atoms with E-state index in [2.05, 4.69) is 11.0 Å². The Kier molecular flexibility index (Phi) is 5.25. The van der Waals surface area contributed by atoms with E-state index >= 15 is 0 Å². The standard InChI is InChI=1S/C20H18ClF3N4O2/c1-30-17-8-3-2-7-16(17)28-15-9-10-27(11-14(15)25-26-28)19(29)12-5-4-6-13(18(12)21)20(22,23)24/h2-8,25-26H,9-11H2,1H3. The van der Waals surface area contributed by atoms with E-state index in [1.165, 1.54) is 17.0 Å². The minimum atomic E-state index is -4.63. The van der Waals surface area contributed by atoms with Gasteiger partial charge in [0.25, 0.3) is 5.91 Å². The molecule has 2 aromatic carbocycles. The van der Waals surface area contributed by atoms with Gasteiger partial charge in [0, 0.05) is 13.0 Å². The number of methoxy groups -OCH3 is 1. The van der Waals surface area contributed by atoms with Crippen LogP contribution in [0.4, 0.5) is 18.9 Å². The van der Waals surface area contributed by atoms with Crippen LogP contribution in [0.25, 0.3) is 0 Å². The number of carbonyl (C=O) groups is 1. The summed E-state index contributed by atoms with van der Waals surface area (Å²) < 4.78 is 44.8. The summed E-state index contributed by atoms with van der Waals surface area (Å²) in [5.74, 6) is 0.130. The van der Waals surface area contributed by atoms with Crippen molar-refractivity contribution in [1.29, 1.82) is 0 Å². The van der Waals surface area contributed by atoms with Gasteiger partial charge in [-0.15, -0.1) is 5.53 Å². The van der Waals surface area contributed by atoms with Gasteiger partial charge >= 0.3 is 6.18 Å². The number of hydrogen-bond donors (Lipinski definition) is 2. The average Bonchev–Trinajstić information content (AvgIpc) is 3.15. The molecule has 0 spiro atoms. The maximum absolute atomic E-state index is 13.1. The van der Waals surface area contributed by atoms with E-state index in [0.717, 1.165) is 23.1 Å². The molecule has 0 atom stereocenters. The normalized spacial score (nSPS) is 16.4. The fourth-order valence-corrected chi connectivity index (χ4v) is 3.90. The first-order chi connectivity index (χ1) is 14.3. The lowest BCUT2D eigenvalue weighted by Gasteiger charge is -2.30. The number of anilines is 1. The number of hydrazine groups is 2. The number of hydrogen-bond acceptors (Lipinski definition) is 5. The van der Waals surface area contributed by atoms with Crippen LogP contribution in [0.15, 0.2) is 53.9 Å². The Bertz CT molecular complexity index is 1030. The second-order valence-electron chi connectivity index (χ2n) is 6.81. The SMILES string of the molecule is COc1ccccc1N1NNC2=C1CCN(C(=O)c1cccc(C(F)(F)F)c1Cl)C2. The van der Waals surface area contributed by atoms with E-state index < -0.39 is 22.7 Å². The van der Waals surface area contributed by atoms with Crippen LogP contribution in [0.3, 0.4) is 0 Å². The monoisotopic (exact) mass is 438 g/mol. The van der Waals surface area contributed by atoms with Crippen molar-refractivity contribution in [3.8, 4) is 5.75 Å². The van der Waals surface area contributed by atoms with E-state index in [9.17, 15) is 18.0 Å². The molecule has 30 heavy (non-hydrogen) atoms. The molecule has 2 aliphatic heterocycles. The summed E-state index contributed by atoms with van der Waals surface area (Å²) in [6.45, 7) is 0.540. The fraction of sp³-hybridized carbons (Fsp3) is 0.250. The second-order valence-corrected chi connectivity index (χ2v) is 7.19. The number of para-hydroxylation sites is 2. The van der Waals surface area contributed by atoms with Gasteiger partial charge in [-0.25, -0.2) is 0 Å². The molecule has 6 nitrogen and oxygen atoms in total. The van der Waals surface area contributed by atoms with Gasteiger partial charge < -0.3 is 15.1 Å². The highest BCUT2D eigenvalue weighted by Gasteiger charge is 2.37. The molecule has 0 aromatic heterocycles. The molecular formula is C20H18ClF3N4O2. The minimum Gasteiger partial charge on any atom is -0.495 e. The van der Waals surface area contributed by atoms with Crippen molar-refractivity contribution in [2.75, 3.05) is 25.2 Å². The Morgan fingerprint density at radius 3 is 2.67 bits per heavy atom. The van der Waals surface area contributed by atoms with E-state index in [4.69, 9.17) is 16.3 Å². The summed E-state index contributed by atoms with van der Waals surface area (Å²) in [6, 6.07) is 10.8. The van der Waals surface area contributed by atoms with Crippen LogP contribution >= 0.6 is 11.6 Å². The van der Waals surface area contributed by atoms with Crippen molar-refractivity contribution in [3.05, 3.63) is 70.0 Å². The number of ether oxygens (including phenoxy) is 1. The predicted octanol–water partition coefficient (Wildman–Crippen LogP) is 3.95. The van der Waals surface area contributed by atoms with Crippen molar-refractivity contribution >= 4 is 23.2 Å². The first-order valence-corrected chi connectivity index (χ1v) is 9.51. The van der Waals surface area contributed by atoms with Crippen LogP contribution in [-0.2, 0) is 6.18 Å². The highest BCUT2D eigenvalue weighted by Crippen LogP contribution is 2.37. The van der Waals surface area contributed by atoms with Gasteiger partial charge in [0.05, 0.1) is 41.2 Å². The van der Waals surface area contributed by atoms with E-state index in [1.807, 2.05) is 29.3 Å². The molecular weight excluding hydrogens is 421 g/mol. The molecule has 2 aromatic rings. The third-order valence-corrected chi connectivity index (χ3v) is 5.46. The van der Waals surface area contributed by atoms with Crippen molar-refractivity contribution < 1.29 is 22.7 Å². The maximum Gasteiger partial charge on any atom is 0.417 e. The summed E-state index contributed by atoms with van der Waals surface area (Å²) in [4.78, 5) is 14.4. The van der Waals surface area contributed by atoms with E-state index in [0.29, 0.717) is 18.7 Å². The lowest BCUT2D eigenvalue weighted by atomic mass is 10.1. The predicted molar refractivity (Wildman–Crippen MR) is 106 cm³/mol. The summed E-state index contributed by atoms with van der Waals surface area (Å²) >= 11 is 5.93. The smallest absolute Gasteiger partial charge is 0.417 e. The summed E-state index contributed by atoms with van der Waals surface area (Å²) in [6.07, 6.45) is -4.13. The second kappa shape index (κ2) is 7.73. The minimum absolute atomic E-state index is 0.164. The third-order valence-electron chi connectivity index (χ3n) is 5.05. The first kappa shape index (κ1) is 20.4. The van der Waals surface area contributed by atoms with Crippen LogP contribution in [0.1, 0.15) is 22.3 Å². The maximum atomic E-state index is 13.1.